The fourth-order valence-electron chi connectivity index (χ4n) is 0.239. The molecule has 0 atom stereocenters. The number of alkyl halides is 6. The van der Waals surface area contributed by atoms with E-state index in [0.29, 0.717) is 0 Å². The van der Waals surface area contributed by atoms with Gasteiger partial charge in [0, 0.05) is 21.1 Å². The van der Waals surface area contributed by atoms with E-state index >= 15 is 0 Å². The van der Waals surface area contributed by atoms with E-state index in [0.717, 1.165) is 0 Å². The Kier molecular flexibility index (Phi) is 5.53. The summed E-state index contributed by atoms with van der Waals surface area (Å²) in [6.45, 7) is 0. The van der Waals surface area contributed by atoms with Crippen LogP contribution in [0.1, 0.15) is 0 Å². The molecule has 0 aromatic rings. The summed E-state index contributed by atoms with van der Waals surface area (Å²) in [5.74, 6) is 0. The molecule has 0 aliphatic heterocycles. The zero-order chi connectivity index (χ0) is 12.7. The summed E-state index contributed by atoms with van der Waals surface area (Å²) < 4.78 is 108. The molecule has 16 heavy (non-hydrogen) atoms. The fourth-order valence-corrected chi connectivity index (χ4v) is 2.15. The van der Waals surface area contributed by atoms with Gasteiger partial charge >= 0.3 is 31.1 Å². The second kappa shape index (κ2) is 4.78. The number of hydrogen-bond donors (Lipinski definition) is 1. The molecule has 0 aromatic carbocycles. The molecule has 0 amide bonds. The van der Waals surface area contributed by atoms with Crippen molar-refractivity contribution in [3.8, 4) is 0 Å². The Labute approximate surface area is 99.6 Å². The molecule has 0 aromatic heterocycles. The third kappa shape index (κ3) is 4.18. The van der Waals surface area contributed by atoms with Crippen LogP contribution < -0.4 is 4.13 Å². The molecule has 1 N–H and O–H groups in total. The van der Waals surface area contributed by atoms with Crippen molar-refractivity contribution in [3.05, 3.63) is 0 Å². The standard InChI is InChI=1S/C2HF6NO4S2.W/c3-1(4,5)14(10,11)9-15(12,13)2(6,7)8;/h9H;. The van der Waals surface area contributed by atoms with Gasteiger partial charge in [0.2, 0.25) is 0 Å². The number of rotatable bonds is 2. The maximum atomic E-state index is 11.5. The summed E-state index contributed by atoms with van der Waals surface area (Å²) in [5.41, 5.74) is -12.3. The van der Waals surface area contributed by atoms with Crippen molar-refractivity contribution in [1.82, 2.24) is 4.13 Å². The van der Waals surface area contributed by atoms with Crippen molar-refractivity contribution in [2.45, 2.75) is 11.0 Å². The van der Waals surface area contributed by atoms with Crippen molar-refractivity contribution in [3.63, 3.8) is 0 Å². The minimum Gasteiger partial charge on any atom is -0.202 e. The van der Waals surface area contributed by atoms with Gasteiger partial charge in [0.05, 0.1) is 0 Å². The van der Waals surface area contributed by atoms with Gasteiger partial charge < -0.3 is 0 Å². The third-order valence-electron chi connectivity index (χ3n) is 0.829. The minimum atomic E-state index is -6.60. The smallest absolute Gasteiger partial charge is 0.202 e. The Morgan fingerprint density at radius 3 is 1.00 bits per heavy atom. The average molecular weight is 465 g/mol. The predicted molar refractivity (Wildman–Crippen MR) is 33.1 cm³/mol. The van der Waals surface area contributed by atoms with Crippen molar-refractivity contribution in [2.24, 2.45) is 0 Å². The van der Waals surface area contributed by atoms with Gasteiger partial charge in [0.15, 0.2) is 0 Å². The van der Waals surface area contributed by atoms with Crippen molar-refractivity contribution < 1.29 is 64.2 Å². The van der Waals surface area contributed by atoms with Crippen LogP contribution in [0.3, 0.4) is 0 Å². The van der Waals surface area contributed by atoms with E-state index in [1.807, 2.05) is 0 Å². The SMILES string of the molecule is O=S(=O)(NS(=O)(=O)C(F)(F)F)C(F)(F)F.[W]. The van der Waals surface area contributed by atoms with Crippen LogP contribution in [0.2, 0.25) is 0 Å². The van der Waals surface area contributed by atoms with Gasteiger partial charge in [-0.2, -0.15) is 26.3 Å². The topological polar surface area (TPSA) is 80.3 Å². The van der Waals surface area contributed by atoms with Crippen molar-refractivity contribution >= 4 is 20.0 Å². The van der Waals surface area contributed by atoms with E-state index in [-0.39, 0.29) is 21.1 Å². The fraction of sp³-hybridized carbons (Fsp3) is 1.00. The molecule has 0 bridgehead atoms. The van der Waals surface area contributed by atoms with Crippen LogP contribution >= 0.6 is 0 Å². The summed E-state index contributed by atoms with van der Waals surface area (Å²) in [4.78, 5) is 0. The van der Waals surface area contributed by atoms with Crippen LogP contribution in [-0.2, 0) is 41.1 Å². The molecule has 0 heterocycles. The first-order valence-corrected chi connectivity index (χ1v) is 5.58. The van der Waals surface area contributed by atoms with E-state index in [1.165, 1.54) is 0 Å². The monoisotopic (exact) mass is 465 g/mol. The summed E-state index contributed by atoms with van der Waals surface area (Å²) in [6, 6.07) is 0. The Balaban J connectivity index is 0. The van der Waals surface area contributed by atoms with Crippen LogP contribution in [-0.4, -0.2) is 27.9 Å². The Morgan fingerprint density at radius 2 is 0.875 bits per heavy atom. The van der Waals surface area contributed by atoms with Gasteiger partial charge in [-0.15, -0.1) is 0 Å². The molecule has 0 aliphatic rings. The molecule has 0 radical (unpaired) electrons. The van der Waals surface area contributed by atoms with Gasteiger partial charge in [0.25, 0.3) is 0 Å². The first kappa shape index (κ1) is 18.5. The molecule has 0 spiro atoms. The molecular weight excluding hydrogens is 464 g/mol. The van der Waals surface area contributed by atoms with Gasteiger partial charge in [-0.3, -0.25) is 0 Å². The second-order valence-corrected chi connectivity index (χ2v) is 5.59. The van der Waals surface area contributed by atoms with E-state index in [9.17, 15) is 43.2 Å². The number of nitrogens with one attached hydrogen (secondary N) is 1. The van der Waals surface area contributed by atoms with E-state index in [4.69, 9.17) is 0 Å². The third-order valence-corrected chi connectivity index (χ3v) is 3.80. The molecule has 98 valence electrons. The van der Waals surface area contributed by atoms with Gasteiger partial charge in [-0.05, 0) is 0 Å². The Bertz CT molecular complexity index is 390. The van der Waals surface area contributed by atoms with Crippen molar-refractivity contribution in [1.29, 1.82) is 0 Å². The maximum Gasteiger partial charge on any atom is 0.512 e. The molecule has 0 aliphatic carbocycles. The molecule has 0 rings (SSSR count). The summed E-state index contributed by atoms with van der Waals surface area (Å²) in [6.07, 6.45) is 0. The van der Waals surface area contributed by atoms with Gasteiger partial charge in [-0.25, -0.2) is 16.8 Å². The number of sulfonamides is 2. The molecule has 0 saturated heterocycles. The van der Waals surface area contributed by atoms with Crippen molar-refractivity contribution in [2.75, 3.05) is 0 Å². The Hall–Kier alpha value is 0.128. The second-order valence-electron chi connectivity index (χ2n) is 1.98. The first-order chi connectivity index (χ1) is 6.21. The molecule has 0 unspecified atom stereocenters. The number of halogens is 6. The van der Waals surface area contributed by atoms with E-state index in [1.54, 1.807) is 0 Å². The number of hydrogen-bond acceptors (Lipinski definition) is 4. The molecule has 0 saturated carbocycles. The Morgan fingerprint density at radius 1 is 0.688 bits per heavy atom. The zero-order valence-corrected chi connectivity index (χ0v) is 11.2. The summed E-state index contributed by atoms with van der Waals surface area (Å²) in [7, 11) is -13.2. The zero-order valence-electron chi connectivity index (χ0n) is 6.63. The quantitative estimate of drug-likeness (QED) is 0.595. The summed E-state index contributed by atoms with van der Waals surface area (Å²) in [5, 5.41) is 0. The maximum absolute atomic E-state index is 11.5. The molecule has 0 fully saturated rings. The predicted octanol–water partition coefficient (Wildman–Crippen LogP) is 0.273. The largest absolute Gasteiger partial charge is 0.512 e. The van der Waals surface area contributed by atoms with Gasteiger partial charge in [-0.1, -0.05) is 4.13 Å². The average Bonchev–Trinajstić information content (AvgIpc) is 1.77. The summed E-state index contributed by atoms with van der Waals surface area (Å²) >= 11 is 0. The van der Waals surface area contributed by atoms with Crippen LogP contribution in [0.25, 0.3) is 0 Å². The van der Waals surface area contributed by atoms with E-state index < -0.39 is 35.2 Å². The molecule has 14 heteroatoms. The van der Waals surface area contributed by atoms with Crippen LogP contribution in [0, 0.1) is 0 Å². The van der Waals surface area contributed by atoms with Crippen LogP contribution in [0.15, 0.2) is 0 Å². The minimum absolute atomic E-state index is 0. The normalized spacial score (nSPS) is 14.4. The van der Waals surface area contributed by atoms with Crippen LogP contribution in [0.4, 0.5) is 26.3 Å². The molecule has 5 nitrogen and oxygen atoms in total. The first-order valence-electron chi connectivity index (χ1n) is 2.62. The van der Waals surface area contributed by atoms with Gasteiger partial charge in [0.1, 0.15) is 0 Å². The molecular formula is C2HF6NO4S2W. The van der Waals surface area contributed by atoms with E-state index in [2.05, 4.69) is 0 Å². The van der Waals surface area contributed by atoms with Crippen LogP contribution in [0.5, 0.6) is 0 Å².